The summed E-state index contributed by atoms with van der Waals surface area (Å²) >= 11 is 5.18. The van der Waals surface area contributed by atoms with Gasteiger partial charge in [-0.15, -0.1) is 0 Å². The molecule has 0 saturated carbocycles. The van der Waals surface area contributed by atoms with E-state index in [0.29, 0.717) is 23.1 Å². The summed E-state index contributed by atoms with van der Waals surface area (Å²) in [5.41, 5.74) is 0.603. The van der Waals surface area contributed by atoms with Crippen LogP contribution in [0.4, 0.5) is 0 Å². The highest BCUT2D eigenvalue weighted by molar-refractivity contribution is 9.10. The summed E-state index contributed by atoms with van der Waals surface area (Å²) in [5, 5.41) is 3.47. The molecule has 1 amide bonds. The number of thioether (sulfide) groups is 1. The second-order valence-electron chi connectivity index (χ2n) is 3.94. The molecule has 100 valence electrons. The largest absolute Gasteiger partial charge is 0.497 e. The minimum atomic E-state index is -0.0749. The molecule has 1 aromatic carbocycles. The Morgan fingerprint density at radius 1 is 1.56 bits per heavy atom. The molecule has 0 aliphatic heterocycles. The summed E-state index contributed by atoms with van der Waals surface area (Å²) in [6.45, 7) is 2.84. The van der Waals surface area contributed by atoms with Gasteiger partial charge in [-0.3, -0.25) is 4.79 Å². The first-order valence-corrected chi connectivity index (χ1v) is 7.81. The van der Waals surface area contributed by atoms with E-state index in [2.05, 4.69) is 34.4 Å². The zero-order valence-corrected chi connectivity index (χ0v) is 13.2. The standard InChI is InChI=1S/C13H18BrNO2S/c1-9(18-3)6-7-15-13(16)11-8-10(17-2)4-5-12(11)14/h4-5,8-9H,6-7H2,1-3H3,(H,15,16). The predicted octanol–water partition coefficient (Wildman–Crippen LogP) is 3.33. The summed E-state index contributed by atoms with van der Waals surface area (Å²) in [7, 11) is 1.59. The van der Waals surface area contributed by atoms with Gasteiger partial charge in [-0.2, -0.15) is 11.8 Å². The Morgan fingerprint density at radius 3 is 2.89 bits per heavy atom. The van der Waals surface area contributed by atoms with Crippen molar-refractivity contribution in [3.05, 3.63) is 28.2 Å². The molecule has 1 unspecified atom stereocenters. The number of hydrogen-bond donors (Lipinski definition) is 1. The number of methoxy groups -OCH3 is 1. The highest BCUT2D eigenvalue weighted by Gasteiger charge is 2.11. The first-order valence-electron chi connectivity index (χ1n) is 5.73. The molecular formula is C13H18BrNO2S. The number of rotatable bonds is 6. The lowest BCUT2D eigenvalue weighted by Crippen LogP contribution is -2.26. The van der Waals surface area contributed by atoms with Crippen LogP contribution < -0.4 is 10.1 Å². The zero-order chi connectivity index (χ0) is 13.5. The van der Waals surface area contributed by atoms with Crippen LogP contribution in [-0.2, 0) is 0 Å². The van der Waals surface area contributed by atoms with Crippen molar-refractivity contribution in [3.8, 4) is 5.75 Å². The van der Waals surface area contributed by atoms with E-state index < -0.39 is 0 Å². The minimum absolute atomic E-state index is 0.0749. The summed E-state index contributed by atoms with van der Waals surface area (Å²) in [5.74, 6) is 0.606. The third kappa shape index (κ3) is 4.53. The molecule has 18 heavy (non-hydrogen) atoms. The van der Waals surface area contributed by atoms with Crippen LogP contribution in [0.3, 0.4) is 0 Å². The maximum atomic E-state index is 12.0. The number of carbonyl (C=O) groups excluding carboxylic acids is 1. The van der Waals surface area contributed by atoms with Crippen LogP contribution in [0.5, 0.6) is 5.75 Å². The Morgan fingerprint density at radius 2 is 2.28 bits per heavy atom. The average molecular weight is 332 g/mol. The monoisotopic (exact) mass is 331 g/mol. The molecule has 0 radical (unpaired) electrons. The summed E-state index contributed by atoms with van der Waals surface area (Å²) in [6, 6.07) is 5.37. The molecule has 0 heterocycles. The molecular weight excluding hydrogens is 314 g/mol. The van der Waals surface area contributed by atoms with Crippen molar-refractivity contribution in [2.45, 2.75) is 18.6 Å². The third-order valence-electron chi connectivity index (χ3n) is 2.66. The van der Waals surface area contributed by atoms with Gasteiger partial charge < -0.3 is 10.1 Å². The second-order valence-corrected chi connectivity index (χ2v) is 6.07. The van der Waals surface area contributed by atoms with Crippen LogP contribution >= 0.6 is 27.7 Å². The van der Waals surface area contributed by atoms with Gasteiger partial charge in [-0.25, -0.2) is 0 Å². The van der Waals surface area contributed by atoms with E-state index in [1.165, 1.54) is 0 Å². The third-order valence-corrected chi connectivity index (χ3v) is 4.39. The second kappa shape index (κ2) is 7.69. The summed E-state index contributed by atoms with van der Waals surface area (Å²) < 4.78 is 5.89. The Bertz CT molecular complexity index is 412. The predicted molar refractivity (Wildman–Crippen MR) is 80.6 cm³/mol. The molecule has 0 aromatic heterocycles. The average Bonchev–Trinajstić information content (AvgIpc) is 2.38. The van der Waals surface area contributed by atoms with Crippen molar-refractivity contribution < 1.29 is 9.53 Å². The van der Waals surface area contributed by atoms with Gasteiger partial charge in [-0.1, -0.05) is 6.92 Å². The molecule has 3 nitrogen and oxygen atoms in total. The fourth-order valence-electron chi connectivity index (χ4n) is 1.41. The fraction of sp³-hybridized carbons (Fsp3) is 0.462. The van der Waals surface area contributed by atoms with Crippen molar-refractivity contribution in [2.24, 2.45) is 0 Å². The van der Waals surface area contributed by atoms with Crippen LogP contribution in [0, 0.1) is 0 Å². The van der Waals surface area contributed by atoms with Crippen LogP contribution in [0.2, 0.25) is 0 Å². The lowest BCUT2D eigenvalue weighted by atomic mass is 10.2. The van der Waals surface area contributed by atoms with Gasteiger partial charge >= 0.3 is 0 Å². The number of benzene rings is 1. The molecule has 0 saturated heterocycles. The van der Waals surface area contributed by atoms with E-state index >= 15 is 0 Å². The minimum Gasteiger partial charge on any atom is -0.497 e. The van der Waals surface area contributed by atoms with Crippen molar-refractivity contribution in [1.82, 2.24) is 5.32 Å². The molecule has 5 heteroatoms. The van der Waals surface area contributed by atoms with Gasteiger partial charge in [-0.05, 0) is 46.8 Å². The molecule has 0 aliphatic carbocycles. The van der Waals surface area contributed by atoms with Crippen molar-refractivity contribution in [1.29, 1.82) is 0 Å². The number of amides is 1. The van der Waals surface area contributed by atoms with Crippen LogP contribution in [0.25, 0.3) is 0 Å². The first-order chi connectivity index (χ1) is 8.58. The molecule has 0 fully saturated rings. The fourth-order valence-corrected chi connectivity index (χ4v) is 2.19. The quantitative estimate of drug-likeness (QED) is 0.868. The van der Waals surface area contributed by atoms with Gasteiger partial charge in [0.05, 0.1) is 12.7 Å². The highest BCUT2D eigenvalue weighted by atomic mass is 79.9. The van der Waals surface area contributed by atoms with E-state index in [1.807, 2.05) is 12.1 Å². The van der Waals surface area contributed by atoms with E-state index in [9.17, 15) is 4.79 Å². The maximum absolute atomic E-state index is 12.0. The van der Waals surface area contributed by atoms with Gasteiger partial charge in [0.25, 0.3) is 5.91 Å². The van der Waals surface area contributed by atoms with E-state index in [4.69, 9.17) is 4.74 Å². The van der Waals surface area contributed by atoms with Crippen LogP contribution in [0.15, 0.2) is 22.7 Å². The molecule has 0 aliphatic rings. The zero-order valence-electron chi connectivity index (χ0n) is 10.8. The Kier molecular flexibility index (Phi) is 6.57. The molecule has 1 atom stereocenters. The molecule has 0 bridgehead atoms. The number of carbonyl (C=O) groups is 1. The summed E-state index contributed by atoms with van der Waals surface area (Å²) in [4.78, 5) is 12.0. The van der Waals surface area contributed by atoms with Gasteiger partial charge in [0.15, 0.2) is 0 Å². The van der Waals surface area contributed by atoms with Gasteiger partial charge in [0.1, 0.15) is 5.75 Å². The van der Waals surface area contributed by atoms with Crippen LogP contribution in [0.1, 0.15) is 23.7 Å². The number of ether oxygens (including phenoxy) is 1. The maximum Gasteiger partial charge on any atom is 0.252 e. The Labute approximate surface area is 121 Å². The highest BCUT2D eigenvalue weighted by Crippen LogP contribution is 2.22. The smallest absolute Gasteiger partial charge is 0.252 e. The SMILES string of the molecule is COc1ccc(Br)c(C(=O)NCCC(C)SC)c1. The van der Waals surface area contributed by atoms with E-state index in [1.54, 1.807) is 24.9 Å². The van der Waals surface area contributed by atoms with E-state index in [0.717, 1.165) is 10.9 Å². The van der Waals surface area contributed by atoms with Crippen molar-refractivity contribution >= 4 is 33.6 Å². The lowest BCUT2D eigenvalue weighted by molar-refractivity contribution is 0.0952. The number of nitrogens with one attached hydrogen (secondary N) is 1. The Hall–Kier alpha value is -0.680. The normalized spacial score (nSPS) is 12.0. The molecule has 1 rings (SSSR count). The van der Waals surface area contributed by atoms with Gasteiger partial charge in [0, 0.05) is 16.3 Å². The van der Waals surface area contributed by atoms with Crippen LogP contribution in [-0.4, -0.2) is 31.1 Å². The number of hydrogen-bond acceptors (Lipinski definition) is 3. The molecule has 1 N–H and O–H groups in total. The molecule has 0 spiro atoms. The number of halogens is 1. The topological polar surface area (TPSA) is 38.3 Å². The van der Waals surface area contributed by atoms with Crippen molar-refractivity contribution in [3.63, 3.8) is 0 Å². The van der Waals surface area contributed by atoms with Crippen molar-refractivity contribution in [2.75, 3.05) is 19.9 Å². The molecule has 1 aromatic rings. The first kappa shape index (κ1) is 15.4. The lowest BCUT2D eigenvalue weighted by Gasteiger charge is -2.10. The van der Waals surface area contributed by atoms with Gasteiger partial charge in [0.2, 0.25) is 0 Å². The summed E-state index contributed by atoms with van der Waals surface area (Å²) in [6.07, 6.45) is 3.04. The Balaban J connectivity index is 2.61. The van der Waals surface area contributed by atoms with E-state index in [-0.39, 0.29) is 5.91 Å².